The summed E-state index contributed by atoms with van der Waals surface area (Å²) in [5.74, 6) is -2.52. The first kappa shape index (κ1) is 37.6. The summed E-state index contributed by atoms with van der Waals surface area (Å²) in [7, 11) is 0. The minimum Gasteiger partial charge on any atom is -0.462 e. The summed E-state index contributed by atoms with van der Waals surface area (Å²) in [6, 6.07) is 0. The van der Waals surface area contributed by atoms with Gasteiger partial charge in [0.25, 0.3) is 0 Å². The van der Waals surface area contributed by atoms with Gasteiger partial charge in [-0.3, -0.25) is 4.79 Å². The van der Waals surface area contributed by atoms with E-state index >= 15 is 0 Å². The number of aliphatic hydroxyl groups is 4. The molecule has 0 bridgehead atoms. The minimum atomic E-state index is -0.894. The fourth-order valence-corrected chi connectivity index (χ4v) is 5.80. The van der Waals surface area contributed by atoms with E-state index in [1.165, 1.54) is 0 Å². The largest absolute Gasteiger partial charge is 0.462 e. The van der Waals surface area contributed by atoms with Gasteiger partial charge in [-0.25, -0.2) is 4.79 Å². The number of hydrogen-bond donors (Lipinski definition) is 5. The number of ether oxygens (including phenoxy) is 2. The number of rotatable bonds is 16. The van der Waals surface area contributed by atoms with Crippen LogP contribution in [-0.2, 0) is 14.3 Å². The molecule has 0 unspecified atom stereocenters. The van der Waals surface area contributed by atoms with Gasteiger partial charge < -0.3 is 35.6 Å². The third kappa shape index (κ3) is 11.3. The molecule has 1 fully saturated rings. The van der Waals surface area contributed by atoms with E-state index in [1.54, 1.807) is 38.2 Å². The van der Waals surface area contributed by atoms with Crippen LogP contribution in [0.3, 0.4) is 0 Å². The number of cyclic esters (lactones) is 1. The zero-order valence-electron chi connectivity index (χ0n) is 26.6. The van der Waals surface area contributed by atoms with Crippen LogP contribution >= 0.6 is 0 Å². The molecule has 1 heterocycles. The number of allylic oxidation sites excluding steroid dienone is 3. The fourth-order valence-electron chi connectivity index (χ4n) is 5.80. The van der Waals surface area contributed by atoms with E-state index in [9.17, 15) is 30.0 Å². The molecular weight excluding hydrogens is 538 g/mol. The van der Waals surface area contributed by atoms with Gasteiger partial charge in [-0.1, -0.05) is 90.2 Å². The van der Waals surface area contributed by atoms with E-state index in [0.29, 0.717) is 6.42 Å². The summed E-state index contributed by atoms with van der Waals surface area (Å²) in [6.07, 6.45) is 6.04. The summed E-state index contributed by atoms with van der Waals surface area (Å²) in [5, 5.41) is 42.8. The molecule has 0 aromatic rings. The van der Waals surface area contributed by atoms with Gasteiger partial charge in [0, 0.05) is 36.0 Å². The summed E-state index contributed by atoms with van der Waals surface area (Å²) in [6.45, 7) is 18.5. The van der Waals surface area contributed by atoms with Gasteiger partial charge >= 0.3 is 12.1 Å². The third-order valence-corrected chi connectivity index (χ3v) is 8.62. The molecule has 9 heteroatoms. The monoisotopic (exact) mass is 593 g/mol. The number of nitrogens with two attached hydrogens (primary N) is 1. The van der Waals surface area contributed by atoms with Crippen LogP contribution in [0.4, 0.5) is 4.79 Å². The predicted octanol–water partition coefficient (Wildman–Crippen LogP) is 4.30. The molecule has 1 amide bonds. The highest BCUT2D eigenvalue weighted by Crippen LogP contribution is 2.30. The number of carbonyl (C=O) groups is 2. The Morgan fingerprint density at radius 1 is 1.02 bits per heavy atom. The van der Waals surface area contributed by atoms with Crippen LogP contribution < -0.4 is 5.73 Å². The Labute approximate surface area is 252 Å². The number of carbonyl (C=O) groups excluding carboxylic acids is 2. The average Bonchev–Trinajstić information content (AvgIpc) is 2.93. The molecule has 0 spiro atoms. The zero-order valence-corrected chi connectivity index (χ0v) is 26.6. The molecule has 1 aliphatic rings. The van der Waals surface area contributed by atoms with E-state index in [4.69, 9.17) is 15.2 Å². The summed E-state index contributed by atoms with van der Waals surface area (Å²) in [5.41, 5.74) is 6.30. The van der Waals surface area contributed by atoms with Crippen molar-refractivity contribution in [3.8, 4) is 0 Å². The van der Waals surface area contributed by atoms with Gasteiger partial charge in [0.15, 0.2) is 0 Å². The average molecular weight is 594 g/mol. The van der Waals surface area contributed by atoms with Gasteiger partial charge in [0.1, 0.15) is 12.2 Å². The lowest BCUT2D eigenvalue weighted by Gasteiger charge is -2.36. The molecule has 0 aliphatic carbocycles. The van der Waals surface area contributed by atoms with Crippen LogP contribution in [0, 0.1) is 41.4 Å². The minimum absolute atomic E-state index is 0.152. The van der Waals surface area contributed by atoms with Crippen molar-refractivity contribution >= 4 is 12.1 Å². The number of esters is 1. The molecule has 0 aromatic carbocycles. The maximum absolute atomic E-state index is 12.0. The zero-order chi connectivity index (χ0) is 32.3. The summed E-state index contributed by atoms with van der Waals surface area (Å²) >= 11 is 0. The highest BCUT2D eigenvalue weighted by Gasteiger charge is 2.41. The first-order chi connectivity index (χ1) is 19.5. The lowest BCUT2D eigenvalue weighted by Crippen LogP contribution is -2.47. The van der Waals surface area contributed by atoms with Crippen molar-refractivity contribution in [1.29, 1.82) is 0 Å². The standard InChI is InChI=1S/C33H55NO8/c1-10-11-12-20(4)31(42-33(34)40)24(8)29(37)22(6)16-18(2)15-21(5)28(36)19(3)13-14-26(35)17-27-23(7)30(38)25(9)32(39)41-27/h10-15,19-31,35-38H,1,16-17H2,2-9H3,(H2,34,40)/b12-11-,14-13-,18-15-/t19-,20-,21-,22-,23-,24-,25+,26+,27+,28-,29+,30-,31-/m0/s1. The van der Waals surface area contributed by atoms with Crippen LogP contribution in [0.25, 0.3) is 0 Å². The Morgan fingerprint density at radius 2 is 1.64 bits per heavy atom. The Kier molecular flexibility index (Phi) is 15.7. The molecule has 42 heavy (non-hydrogen) atoms. The van der Waals surface area contributed by atoms with Crippen molar-refractivity contribution in [3.63, 3.8) is 0 Å². The highest BCUT2D eigenvalue weighted by molar-refractivity contribution is 5.73. The summed E-state index contributed by atoms with van der Waals surface area (Å²) in [4.78, 5) is 23.5. The van der Waals surface area contributed by atoms with Gasteiger partial charge in [0.05, 0.1) is 30.3 Å². The first-order valence-electron chi connectivity index (χ1n) is 15.0. The van der Waals surface area contributed by atoms with Gasteiger partial charge in [0.2, 0.25) is 0 Å². The van der Waals surface area contributed by atoms with E-state index in [1.807, 2.05) is 53.7 Å². The molecule has 0 radical (unpaired) electrons. The summed E-state index contributed by atoms with van der Waals surface area (Å²) < 4.78 is 10.8. The number of hydrogen-bond acceptors (Lipinski definition) is 8. The van der Waals surface area contributed by atoms with E-state index in [-0.39, 0.29) is 41.9 Å². The number of primary amides is 1. The Bertz CT molecular complexity index is 962. The molecular formula is C33H55NO8. The SMILES string of the molecule is C=C/C=C\[C@H](C)[C@H](OC(N)=O)[C@@H](C)[C@H](O)[C@@H](C)C/C(C)=C\[C@H](C)[C@@H](O)[C@@H](C)/C=C\[C@@H](O)C[C@H]1OC(=O)[C@H](C)[C@@H](O)[C@H]1C. The maximum atomic E-state index is 12.0. The molecule has 9 nitrogen and oxygen atoms in total. The number of aliphatic hydroxyl groups excluding tert-OH is 4. The second kappa shape index (κ2) is 17.6. The van der Waals surface area contributed by atoms with Crippen molar-refractivity contribution in [2.45, 2.75) is 105 Å². The van der Waals surface area contributed by atoms with Crippen LogP contribution in [0.1, 0.15) is 68.2 Å². The Morgan fingerprint density at radius 3 is 2.21 bits per heavy atom. The van der Waals surface area contributed by atoms with Crippen LogP contribution in [0.15, 0.2) is 48.6 Å². The van der Waals surface area contributed by atoms with Crippen molar-refractivity contribution in [2.24, 2.45) is 47.2 Å². The molecule has 6 N–H and O–H groups in total. The van der Waals surface area contributed by atoms with Crippen molar-refractivity contribution in [1.82, 2.24) is 0 Å². The highest BCUT2D eigenvalue weighted by atomic mass is 16.6. The van der Waals surface area contributed by atoms with Gasteiger partial charge in [-0.2, -0.15) is 0 Å². The molecule has 1 aliphatic heterocycles. The van der Waals surface area contributed by atoms with Crippen molar-refractivity contribution in [3.05, 3.63) is 48.6 Å². The van der Waals surface area contributed by atoms with Crippen LogP contribution in [0.5, 0.6) is 0 Å². The first-order valence-corrected chi connectivity index (χ1v) is 15.0. The van der Waals surface area contributed by atoms with Crippen LogP contribution in [0.2, 0.25) is 0 Å². The van der Waals surface area contributed by atoms with Crippen molar-refractivity contribution in [2.75, 3.05) is 0 Å². The lowest BCUT2D eigenvalue weighted by atomic mass is 9.81. The van der Waals surface area contributed by atoms with E-state index < -0.39 is 54.6 Å². The molecule has 240 valence electrons. The quantitative estimate of drug-likeness (QED) is 0.101. The van der Waals surface area contributed by atoms with Crippen LogP contribution in [-0.4, -0.2) is 69.1 Å². The van der Waals surface area contributed by atoms with E-state index in [0.717, 1.165) is 5.57 Å². The molecule has 13 atom stereocenters. The smallest absolute Gasteiger partial charge is 0.404 e. The lowest BCUT2D eigenvalue weighted by molar-refractivity contribution is -0.179. The molecule has 1 rings (SSSR count). The normalized spacial score (nSPS) is 28.3. The third-order valence-electron chi connectivity index (χ3n) is 8.62. The second-order valence-electron chi connectivity index (χ2n) is 12.4. The van der Waals surface area contributed by atoms with Gasteiger partial charge in [-0.15, -0.1) is 0 Å². The van der Waals surface area contributed by atoms with Crippen molar-refractivity contribution < 1.29 is 39.5 Å². The topological polar surface area (TPSA) is 160 Å². The fraction of sp³-hybridized carbons (Fsp3) is 0.697. The number of amides is 1. The Balaban J connectivity index is 2.76. The van der Waals surface area contributed by atoms with Gasteiger partial charge in [-0.05, 0) is 26.2 Å². The predicted molar refractivity (Wildman–Crippen MR) is 164 cm³/mol. The van der Waals surface area contributed by atoms with E-state index in [2.05, 4.69) is 6.58 Å². The second-order valence-corrected chi connectivity index (χ2v) is 12.4. The Hall–Kier alpha value is -2.46. The molecule has 1 saturated heterocycles. The maximum Gasteiger partial charge on any atom is 0.404 e. The molecule has 0 saturated carbocycles. The molecule has 0 aromatic heterocycles.